The Kier molecular flexibility index (Phi) is 15.0. The molecule has 0 aromatic heterocycles. The summed E-state index contributed by atoms with van der Waals surface area (Å²) < 4.78 is 12.2. The van der Waals surface area contributed by atoms with Crippen LogP contribution >= 0.6 is 0 Å². The third-order valence-electron chi connectivity index (χ3n) is 7.30. The summed E-state index contributed by atoms with van der Waals surface area (Å²) in [5.74, 6) is 0.645. The molecule has 0 aliphatic heterocycles. The molecule has 206 valence electrons. The number of esters is 1. The summed E-state index contributed by atoms with van der Waals surface area (Å²) in [7, 11) is 4.22. The van der Waals surface area contributed by atoms with Gasteiger partial charge in [0.1, 0.15) is 12.3 Å². The number of hydrogen-bond acceptors (Lipinski definition) is 3. The number of rotatable bonds is 20. The van der Waals surface area contributed by atoms with E-state index in [9.17, 15) is 4.79 Å². The van der Waals surface area contributed by atoms with Crippen LogP contribution in [0.5, 0.6) is 5.75 Å². The molecule has 1 atom stereocenters. The Labute approximate surface area is 227 Å². The molecule has 0 amide bonds. The molecule has 4 heteroatoms. The maximum Gasteiger partial charge on any atom is 0.367 e. The number of carbonyl (C=O) groups excluding carboxylic acids is 1. The first-order valence-electron chi connectivity index (χ1n) is 14.7. The number of para-hydroxylation sites is 1. The second kappa shape index (κ2) is 18.0. The highest BCUT2D eigenvalue weighted by atomic mass is 16.7. The van der Waals surface area contributed by atoms with Gasteiger partial charge >= 0.3 is 5.97 Å². The van der Waals surface area contributed by atoms with Crippen LogP contribution in [-0.4, -0.2) is 37.4 Å². The summed E-state index contributed by atoms with van der Waals surface area (Å²) in [4.78, 5) is 13.1. The first kappa shape index (κ1) is 30.9. The van der Waals surface area contributed by atoms with E-state index < -0.39 is 0 Å². The second-order valence-electron chi connectivity index (χ2n) is 11.0. The number of aryl methyl sites for hydroxylation is 1. The lowest BCUT2D eigenvalue weighted by Crippen LogP contribution is -2.53. The van der Waals surface area contributed by atoms with Crippen molar-refractivity contribution in [2.45, 2.75) is 110 Å². The molecule has 0 spiro atoms. The number of benzene rings is 2. The van der Waals surface area contributed by atoms with E-state index in [0.717, 1.165) is 31.6 Å². The van der Waals surface area contributed by atoms with Crippen molar-refractivity contribution in [2.75, 3.05) is 20.9 Å². The molecule has 0 heterocycles. The monoisotopic (exact) mass is 510 g/mol. The van der Waals surface area contributed by atoms with Crippen LogP contribution in [0.2, 0.25) is 0 Å². The summed E-state index contributed by atoms with van der Waals surface area (Å²) in [6.07, 6.45) is 16.0. The molecule has 0 radical (unpaired) electrons. The molecule has 0 bridgehead atoms. The smallest absolute Gasteiger partial charge is 0.367 e. The van der Waals surface area contributed by atoms with Gasteiger partial charge in [-0.1, -0.05) is 120 Å². The van der Waals surface area contributed by atoms with Crippen LogP contribution in [0.3, 0.4) is 0 Å². The fourth-order valence-electron chi connectivity index (χ4n) is 5.09. The van der Waals surface area contributed by atoms with Crippen LogP contribution in [0.15, 0.2) is 54.6 Å². The zero-order valence-corrected chi connectivity index (χ0v) is 24.1. The lowest BCUT2D eigenvalue weighted by molar-refractivity contribution is -0.920. The Morgan fingerprint density at radius 1 is 0.757 bits per heavy atom. The molecule has 0 N–H and O–H groups in total. The van der Waals surface area contributed by atoms with Gasteiger partial charge in [0.05, 0.1) is 14.1 Å². The minimum Gasteiger partial charge on any atom is -0.457 e. The predicted octanol–water partition coefficient (Wildman–Crippen LogP) is 8.47. The van der Waals surface area contributed by atoms with Crippen molar-refractivity contribution < 1.29 is 18.8 Å². The van der Waals surface area contributed by atoms with Crippen molar-refractivity contribution in [1.29, 1.82) is 0 Å². The normalized spacial score (nSPS) is 12.3. The number of nitrogens with zero attached hydrogens (tertiary/aromatic N) is 1. The third kappa shape index (κ3) is 12.2. The molecule has 0 aliphatic rings. The van der Waals surface area contributed by atoms with Gasteiger partial charge in [0, 0.05) is 12.0 Å². The van der Waals surface area contributed by atoms with Crippen LogP contribution in [0, 0.1) is 0 Å². The zero-order chi connectivity index (χ0) is 26.8. The summed E-state index contributed by atoms with van der Waals surface area (Å²) >= 11 is 0. The fraction of sp³-hybridized carbons (Fsp3) is 0.606. The number of ether oxygens (including phenoxy) is 2. The van der Waals surface area contributed by atoms with Gasteiger partial charge in [0.2, 0.25) is 6.79 Å². The Morgan fingerprint density at radius 3 is 2.00 bits per heavy atom. The Balaban J connectivity index is 1.76. The molecule has 2 rings (SSSR count). The van der Waals surface area contributed by atoms with Crippen molar-refractivity contribution in [2.24, 2.45) is 0 Å². The van der Waals surface area contributed by atoms with E-state index in [4.69, 9.17) is 9.47 Å². The Hall–Kier alpha value is -2.33. The number of unbranched alkanes of at least 4 members (excludes halogenated alkanes) is 9. The summed E-state index contributed by atoms with van der Waals surface area (Å²) in [6.45, 7) is 5.12. The van der Waals surface area contributed by atoms with E-state index in [1.165, 1.54) is 75.3 Å². The molecule has 37 heavy (non-hydrogen) atoms. The first-order valence-corrected chi connectivity index (χ1v) is 14.7. The molecule has 0 saturated heterocycles. The maximum atomic E-state index is 13.1. The van der Waals surface area contributed by atoms with E-state index in [2.05, 4.69) is 52.2 Å². The third-order valence-corrected chi connectivity index (χ3v) is 7.30. The first-order chi connectivity index (χ1) is 18.0. The minimum atomic E-state index is -0.226. The van der Waals surface area contributed by atoms with E-state index >= 15 is 0 Å². The van der Waals surface area contributed by atoms with Gasteiger partial charge in [0.25, 0.3) is 0 Å². The van der Waals surface area contributed by atoms with Crippen LogP contribution in [0.25, 0.3) is 0 Å². The van der Waals surface area contributed by atoms with Crippen molar-refractivity contribution >= 4 is 5.97 Å². The van der Waals surface area contributed by atoms with Gasteiger partial charge in [-0.05, 0) is 30.9 Å². The van der Waals surface area contributed by atoms with Gasteiger partial charge in [0.15, 0.2) is 6.04 Å². The van der Waals surface area contributed by atoms with Crippen molar-refractivity contribution in [3.63, 3.8) is 0 Å². The highest BCUT2D eigenvalue weighted by Gasteiger charge is 2.35. The molecular weight excluding hydrogens is 458 g/mol. The van der Waals surface area contributed by atoms with Crippen molar-refractivity contribution in [1.82, 2.24) is 0 Å². The van der Waals surface area contributed by atoms with E-state index in [1.807, 2.05) is 30.3 Å². The predicted molar refractivity (Wildman–Crippen MR) is 155 cm³/mol. The van der Waals surface area contributed by atoms with E-state index in [-0.39, 0.29) is 18.8 Å². The van der Waals surface area contributed by atoms with Crippen LogP contribution in [0.4, 0.5) is 0 Å². The summed E-state index contributed by atoms with van der Waals surface area (Å²) in [6, 6.07) is 18.3. The summed E-state index contributed by atoms with van der Waals surface area (Å²) in [5.41, 5.74) is 2.42. The van der Waals surface area contributed by atoms with E-state index in [1.54, 1.807) is 0 Å². The quantitative estimate of drug-likeness (QED) is 0.0775. The van der Waals surface area contributed by atoms with Crippen molar-refractivity contribution in [3.8, 4) is 5.75 Å². The second-order valence-corrected chi connectivity index (χ2v) is 11.0. The van der Waals surface area contributed by atoms with Gasteiger partial charge in [-0.15, -0.1) is 0 Å². The highest BCUT2D eigenvalue weighted by molar-refractivity contribution is 5.74. The molecule has 1 unspecified atom stereocenters. The molecule has 0 saturated carbocycles. The Bertz CT molecular complexity index is 865. The zero-order valence-electron chi connectivity index (χ0n) is 24.1. The van der Waals surface area contributed by atoms with Crippen LogP contribution in [-0.2, 0) is 22.5 Å². The largest absolute Gasteiger partial charge is 0.457 e. The number of carbonyl (C=O) groups is 1. The van der Waals surface area contributed by atoms with Gasteiger partial charge in [-0.3, -0.25) is 0 Å². The lowest BCUT2D eigenvalue weighted by Gasteiger charge is -2.36. The Morgan fingerprint density at radius 2 is 1.35 bits per heavy atom. The van der Waals surface area contributed by atoms with Crippen LogP contribution < -0.4 is 4.74 Å². The molecule has 4 nitrogen and oxygen atoms in total. The SMILES string of the molecule is CCCCCCCCCCCCc1ccccc1OCOC(=O)C(CCC)[N+](C)(C)Cc1ccccc1. The molecule has 0 aliphatic carbocycles. The minimum absolute atomic E-state index is 0.0422. The average molecular weight is 511 g/mol. The molecular formula is C33H52NO3+. The number of hydrogen-bond donors (Lipinski definition) is 0. The molecule has 0 fully saturated rings. The van der Waals surface area contributed by atoms with E-state index in [0.29, 0.717) is 4.48 Å². The summed E-state index contributed by atoms with van der Waals surface area (Å²) in [5, 5.41) is 0. The van der Waals surface area contributed by atoms with Gasteiger partial charge in [-0.25, -0.2) is 4.79 Å². The molecule has 2 aromatic rings. The topological polar surface area (TPSA) is 35.5 Å². The lowest BCUT2D eigenvalue weighted by atomic mass is 10.0. The van der Waals surface area contributed by atoms with Crippen molar-refractivity contribution in [3.05, 3.63) is 65.7 Å². The van der Waals surface area contributed by atoms with Gasteiger partial charge in [-0.2, -0.15) is 0 Å². The maximum absolute atomic E-state index is 13.1. The fourth-order valence-corrected chi connectivity index (χ4v) is 5.09. The average Bonchev–Trinajstić information content (AvgIpc) is 2.89. The van der Waals surface area contributed by atoms with Gasteiger partial charge < -0.3 is 14.0 Å². The standard InChI is InChI=1S/C33H52NO3/c1-5-7-8-9-10-11-12-13-14-18-24-30-25-19-20-26-32(30)36-28-37-33(35)31(21-6-2)34(3,4)27-29-22-16-15-17-23-29/h15-17,19-20,22-23,25-26,31H,5-14,18,21,24,27-28H2,1-4H3/q+1. The molecule has 2 aromatic carbocycles. The number of quaternary nitrogens is 1. The highest BCUT2D eigenvalue weighted by Crippen LogP contribution is 2.22. The van der Waals surface area contributed by atoms with Crippen LogP contribution in [0.1, 0.15) is 102 Å². The number of likely N-dealkylation sites (N-methyl/N-ethyl adjacent to an activating group) is 1.